The highest BCUT2D eigenvalue weighted by atomic mass is 16.6. The molecule has 2 aliphatic rings. The lowest BCUT2D eigenvalue weighted by Crippen LogP contribution is -2.48. The molecule has 1 N–H and O–H groups in total. The van der Waals surface area contributed by atoms with E-state index in [-0.39, 0.29) is 6.61 Å². The molecule has 3 unspecified atom stereocenters. The van der Waals surface area contributed by atoms with Crippen molar-refractivity contribution >= 4 is 5.71 Å². The van der Waals surface area contributed by atoms with Gasteiger partial charge in [0.05, 0.1) is 0 Å². The summed E-state index contributed by atoms with van der Waals surface area (Å²) in [6.45, 7) is 5.34. The maximum atomic E-state index is 10.5. The van der Waals surface area contributed by atoms with Gasteiger partial charge >= 0.3 is 0 Å². The fourth-order valence-corrected chi connectivity index (χ4v) is 4.41. The molecule has 2 aromatic rings. The summed E-state index contributed by atoms with van der Waals surface area (Å²) in [5, 5.41) is 14.9. The molecule has 27 heavy (non-hydrogen) atoms. The van der Waals surface area contributed by atoms with Crippen LogP contribution in [-0.2, 0) is 4.84 Å². The predicted molar refractivity (Wildman–Crippen MR) is 109 cm³/mol. The molecule has 0 amide bonds. The van der Waals surface area contributed by atoms with Crippen molar-refractivity contribution in [1.29, 1.82) is 0 Å². The van der Waals surface area contributed by atoms with E-state index in [1.54, 1.807) is 0 Å². The van der Waals surface area contributed by atoms with E-state index in [9.17, 15) is 5.11 Å². The first kappa shape index (κ1) is 18.2. The molecular weight excluding hydrogens is 336 g/mol. The highest BCUT2D eigenvalue weighted by molar-refractivity contribution is 6.24. The Labute approximate surface area is 161 Å². The maximum absolute atomic E-state index is 10.5. The van der Waals surface area contributed by atoms with E-state index in [0.717, 1.165) is 16.8 Å². The Balaban J connectivity index is 1.44. The largest absolute Gasteiger partial charge is 0.392 e. The van der Waals surface area contributed by atoms with Gasteiger partial charge in [-0.1, -0.05) is 60.1 Å². The van der Waals surface area contributed by atoms with Crippen LogP contribution in [0.15, 0.2) is 53.7 Å². The average Bonchev–Trinajstić information content (AvgIpc) is 2.99. The first-order valence-corrected chi connectivity index (χ1v) is 9.98. The Morgan fingerprint density at radius 3 is 2.04 bits per heavy atom. The van der Waals surface area contributed by atoms with Crippen molar-refractivity contribution in [3.63, 3.8) is 0 Å². The minimum Gasteiger partial charge on any atom is -0.392 e. The van der Waals surface area contributed by atoms with E-state index in [0.29, 0.717) is 18.6 Å². The number of β-amino-alcohol motifs (C(OH)–C–C–N with tert-alkyl or cyclic N) is 1. The van der Waals surface area contributed by atoms with Gasteiger partial charge in [0, 0.05) is 29.8 Å². The Hall–Kier alpha value is -2.17. The molecule has 1 aliphatic carbocycles. The lowest BCUT2D eigenvalue weighted by Gasteiger charge is -2.39. The summed E-state index contributed by atoms with van der Waals surface area (Å²) in [7, 11) is 0. The van der Waals surface area contributed by atoms with E-state index in [1.165, 1.54) is 30.4 Å². The van der Waals surface area contributed by atoms with Crippen molar-refractivity contribution in [3.8, 4) is 11.1 Å². The van der Waals surface area contributed by atoms with E-state index in [1.807, 2.05) is 24.3 Å². The highest BCUT2D eigenvalue weighted by Crippen LogP contribution is 2.36. The third-order valence-electron chi connectivity index (χ3n) is 5.87. The summed E-state index contributed by atoms with van der Waals surface area (Å²) in [6, 6.07) is 17.5. The molecule has 1 aliphatic heterocycles. The summed E-state index contributed by atoms with van der Waals surface area (Å²) in [6.07, 6.45) is 3.14. The average molecular weight is 364 g/mol. The van der Waals surface area contributed by atoms with E-state index >= 15 is 0 Å². The van der Waals surface area contributed by atoms with Crippen LogP contribution in [0.1, 0.15) is 44.2 Å². The van der Waals surface area contributed by atoms with Crippen LogP contribution in [0.25, 0.3) is 11.1 Å². The van der Waals surface area contributed by atoms with E-state index in [4.69, 9.17) is 4.84 Å². The Morgan fingerprint density at radius 2 is 1.48 bits per heavy atom. The molecule has 1 saturated heterocycles. The summed E-state index contributed by atoms with van der Waals surface area (Å²) in [5.74, 6) is 0. The van der Waals surface area contributed by atoms with Gasteiger partial charge in [0.2, 0.25) is 0 Å². The number of rotatable bonds is 5. The van der Waals surface area contributed by atoms with Crippen molar-refractivity contribution in [3.05, 3.63) is 59.7 Å². The smallest absolute Gasteiger partial charge is 0.144 e. The van der Waals surface area contributed by atoms with Crippen LogP contribution in [0.2, 0.25) is 0 Å². The molecule has 0 aromatic heterocycles. The molecule has 0 spiro atoms. The molecular formula is C23H28N2O2. The molecule has 0 bridgehead atoms. The first-order valence-electron chi connectivity index (χ1n) is 9.98. The van der Waals surface area contributed by atoms with E-state index < -0.39 is 6.10 Å². The fourth-order valence-electron chi connectivity index (χ4n) is 4.41. The zero-order valence-corrected chi connectivity index (χ0v) is 16.1. The molecule has 0 saturated carbocycles. The second-order valence-corrected chi connectivity index (χ2v) is 7.81. The molecule has 4 heteroatoms. The van der Waals surface area contributed by atoms with Crippen LogP contribution in [0.4, 0.5) is 0 Å². The number of oxime groups is 1. The molecule has 4 nitrogen and oxygen atoms in total. The van der Waals surface area contributed by atoms with Crippen LogP contribution in [0.5, 0.6) is 0 Å². The third-order valence-corrected chi connectivity index (χ3v) is 5.87. The fraction of sp³-hybridized carbons (Fsp3) is 0.435. The van der Waals surface area contributed by atoms with Crippen molar-refractivity contribution in [2.45, 2.75) is 51.3 Å². The number of benzene rings is 2. The van der Waals surface area contributed by atoms with Crippen LogP contribution in [0, 0.1) is 0 Å². The number of hydrogen-bond acceptors (Lipinski definition) is 4. The number of aliphatic hydroxyl groups excluding tert-OH is 1. The van der Waals surface area contributed by atoms with Crippen molar-refractivity contribution in [2.75, 3.05) is 13.2 Å². The van der Waals surface area contributed by atoms with Crippen LogP contribution >= 0.6 is 0 Å². The van der Waals surface area contributed by atoms with Gasteiger partial charge in [-0.15, -0.1) is 0 Å². The summed E-state index contributed by atoms with van der Waals surface area (Å²) >= 11 is 0. The Bertz CT molecular complexity index is 775. The van der Waals surface area contributed by atoms with Gasteiger partial charge in [0.1, 0.15) is 18.4 Å². The van der Waals surface area contributed by atoms with Crippen molar-refractivity contribution in [1.82, 2.24) is 4.90 Å². The zero-order chi connectivity index (χ0) is 18.8. The van der Waals surface area contributed by atoms with Gasteiger partial charge in [-0.25, -0.2) is 0 Å². The summed E-state index contributed by atoms with van der Waals surface area (Å²) < 4.78 is 0. The van der Waals surface area contributed by atoms with E-state index in [2.05, 4.69) is 48.2 Å². The second kappa shape index (κ2) is 7.83. The number of hydrogen-bond donors (Lipinski definition) is 1. The second-order valence-electron chi connectivity index (χ2n) is 7.81. The summed E-state index contributed by atoms with van der Waals surface area (Å²) in [4.78, 5) is 8.01. The first-order chi connectivity index (χ1) is 13.1. The van der Waals surface area contributed by atoms with Crippen LogP contribution < -0.4 is 0 Å². The molecule has 1 heterocycles. The SMILES string of the molecule is CC1CCCC(C)N1CC(O)CON=C1c2ccccc2-c2ccccc21. The van der Waals surface area contributed by atoms with Gasteiger partial charge in [-0.2, -0.15) is 0 Å². The zero-order valence-electron chi connectivity index (χ0n) is 16.1. The highest BCUT2D eigenvalue weighted by Gasteiger charge is 2.27. The normalized spacial score (nSPS) is 22.9. The molecule has 1 fully saturated rings. The van der Waals surface area contributed by atoms with Crippen molar-refractivity contribution in [2.24, 2.45) is 5.16 Å². The molecule has 0 radical (unpaired) electrons. The van der Waals surface area contributed by atoms with Gasteiger partial charge in [0.15, 0.2) is 0 Å². The number of likely N-dealkylation sites (tertiary alicyclic amines) is 1. The van der Waals surface area contributed by atoms with Crippen LogP contribution in [-0.4, -0.2) is 47.1 Å². The van der Waals surface area contributed by atoms with Gasteiger partial charge < -0.3 is 9.94 Å². The van der Waals surface area contributed by atoms with Gasteiger partial charge in [-0.05, 0) is 37.8 Å². The minimum absolute atomic E-state index is 0.212. The summed E-state index contributed by atoms with van der Waals surface area (Å²) in [5.41, 5.74) is 5.41. The lowest BCUT2D eigenvalue weighted by atomic mass is 9.97. The Morgan fingerprint density at radius 1 is 0.963 bits per heavy atom. The van der Waals surface area contributed by atoms with Gasteiger partial charge in [0.25, 0.3) is 0 Å². The third kappa shape index (κ3) is 3.64. The predicted octanol–water partition coefficient (Wildman–Crippen LogP) is 4.06. The molecule has 142 valence electrons. The number of piperidine rings is 1. The molecule has 3 atom stereocenters. The lowest BCUT2D eigenvalue weighted by molar-refractivity contribution is -0.00746. The van der Waals surface area contributed by atoms with Crippen molar-refractivity contribution < 1.29 is 9.94 Å². The number of nitrogens with zero attached hydrogens (tertiary/aromatic N) is 2. The molecule has 2 aromatic carbocycles. The molecule has 4 rings (SSSR count). The number of fused-ring (bicyclic) bond motifs is 3. The maximum Gasteiger partial charge on any atom is 0.144 e. The topological polar surface area (TPSA) is 45.1 Å². The number of aliphatic hydroxyl groups is 1. The standard InChI is InChI=1S/C23H28N2O2/c1-16-8-7-9-17(2)25(16)14-18(26)15-27-24-23-21-12-5-3-10-19(21)20-11-4-6-13-22(20)23/h3-6,10-13,16-18,26H,7-9,14-15H2,1-2H3. The monoisotopic (exact) mass is 364 g/mol. The quantitative estimate of drug-likeness (QED) is 0.695. The van der Waals surface area contributed by atoms with Crippen LogP contribution in [0.3, 0.4) is 0 Å². The van der Waals surface area contributed by atoms with Gasteiger partial charge in [-0.3, -0.25) is 4.90 Å². The Kier molecular flexibility index (Phi) is 5.28. The minimum atomic E-state index is -0.538.